The smallest absolute Gasteiger partial charge is 0.259 e. The number of aliphatic hydroxyl groups excluding tert-OH is 1. The summed E-state index contributed by atoms with van der Waals surface area (Å²) in [5.41, 5.74) is 0.798. The Kier molecular flexibility index (Phi) is 5.51. The van der Waals surface area contributed by atoms with E-state index in [4.69, 9.17) is 4.74 Å². The zero-order valence-electron chi connectivity index (χ0n) is 15.8. The number of hydrogen-bond donors (Lipinski definition) is 1. The molecule has 0 saturated carbocycles. The van der Waals surface area contributed by atoms with Crippen molar-refractivity contribution in [1.29, 1.82) is 0 Å². The van der Waals surface area contributed by atoms with E-state index in [0.29, 0.717) is 23.0 Å². The average molecular weight is 401 g/mol. The van der Waals surface area contributed by atoms with E-state index >= 15 is 0 Å². The Labute approximate surface area is 164 Å². The molecule has 0 bridgehead atoms. The van der Waals surface area contributed by atoms with Gasteiger partial charge in [-0.3, -0.25) is 19.1 Å². The quantitative estimate of drug-likeness (QED) is 0.522. The minimum Gasteiger partial charge on any atom is -0.459 e. The Balaban J connectivity index is 1.97. The van der Waals surface area contributed by atoms with Crippen LogP contribution in [0.25, 0.3) is 5.69 Å². The van der Waals surface area contributed by atoms with E-state index in [-0.39, 0.29) is 17.2 Å². The summed E-state index contributed by atoms with van der Waals surface area (Å²) < 4.78 is 33.3. The standard InChI is InChI=1S/C20H17F2N3O4/c1-10-8-23-16(12(3)26)7-17(10)25-11(2)4-14(6-18(25)27)29-20(28)19-15(22)5-13(21)9-24-19/h4-9,20,28H,1-3H3. The number of carbonyl (C=O) groups excluding carboxylic acids is 1. The molecule has 1 N–H and O–H groups in total. The van der Waals surface area contributed by atoms with Crippen molar-refractivity contribution in [3.8, 4) is 11.4 Å². The fraction of sp³-hybridized carbons (Fsp3) is 0.200. The number of aliphatic hydroxyl groups is 1. The Morgan fingerprint density at radius 2 is 1.86 bits per heavy atom. The summed E-state index contributed by atoms with van der Waals surface area (Å²) >= 11 is 0. The Morgan fingerprint density at radius 3 is 2.48 bits per heavy atom. The number of aryl methyl sites for hydroxylation is 2. The number of pyridine rings is 3. The third-order valence-corrected chi connectivity index (χ3v) is 4.18. The molecule has 1 unspecified atom stereocenters. The Bertz CT molecular complexity index is 1160. The van der Waals surface area contributed by atoms with Crippen LogP contribution in [0.1, 0.15) is 40.7 Å². The first-order chi connectivity index (χ1) is 13.7. The van der Waals surface area contributed by atoms with Crippen molar-refractivity contribution in [3.63, 3.8) is 0 Å². The van der Waals surface area contributed by atoms with E-state index in [0.717, 1.165) is 12.3 Å². The van der Waals surface area contributed by atoms with Crippen LogP contribution in [0, 0.1) is 25.5 Å². The van der Waals surface area contributed by atoms with Gasteiger partial charge in [-0.2, -0.15) is 0 Å². The van der Waals surface area contributed by atoms with E-state index in [2.05, 4.69) is 9.97 Å². The predicted octanol–water partition coefficient (Wildman–Crippen LogP) is 2.80. The lowest BCUT2D eigenvalue weighted by Crippen LogP contribution is -2.22. The van der Waals surface area contributed by atoms with Crippen LogP contribution >= 0.6 is 0 Å². The molecule has 3 aromatic rings. The van der Waals surface area contributed by atoms with Gasteiger partial charge in [0.1, 0.15) is 23.0 Å². The van der Waals surface area contributed by atoms with Crippen LogP contribution in [0.15, 0.2) is 41.5 Å². The van der Waals surface area contributed by atoms with Gasteiger partial charge < -0.3 is 9.84 Å². The SMILES string of the molecule is CC(=O)c1cc(-n2c(C)cc(OC(O)c3ncc(F)cc3F)cc2=O)c(C)cn1. The van der Waals surface area contributed by atoms with Gasteiger partial charge >= 0.3 is 0 Å². The van der Waals surface area contributed by atoms with Crippen LogP contribution in [0.4, 0.5) is 8.78 Å². The number of hydrogen-bond acceptors (Lipinski definition) is 6. The average Bonchev–Trinajstić information content (AvgIpc) is 2.62. The minimum absolute atomic E-state index is 0.0275. The van der Waals surface area contributed by atoms with Crippen molar-refractivity contribution in [2.75, 3.05) is 0 Å². The number of aromatic nitrogens is 3. The van der Waals surface area contributed by atoms with Crippen molar-refractivity contribution >= 4 is 5.78 Å². The van der Waals surface area contributed by atoms with Crippen LogP contribution in [-0.4, -0.2) is 25.4 Å². The molecule has 0 aliphatic carbocycles. The zero-order chi connectivity index (χ0) is 21.3. The molecule has 3 heterocycles. The number of carbonyl (C=O) groups is 1. The molecule has 7 nitrogen and oxygen atoms in total. The van der Waals surface area contributed by atoms with E-state index in [1.54, 1.807) is 13.8 Å². The second kappa shape index (κ2) is 7.88. The summed E-state index contributed by atoms with van der Waals surface area (Å²) in [4.78, 5) is 31.8. The van der Waals surface area contributed by atoms with E-state index in [1.807, 2.05) is 0 Å². The maximum absolute atomic E-state index is 13.8. The normalized spacial score (nSPS) is 11.9. The van der Waals surface area contributed by atoms with Gasteiger partial charge in [0.2, 0.25) is 6.29 Å². The summed E-state index contributed by atoms with van der Waals surface area (Å²) in [5.74, 6) is -2.24. The van der Waals surface area contributed by atoms with Crippen LogP contribution in [0.2, 0.25) is 0 Å². The van der Waals surface area contributed by atoms with E-state index in [1.165, 1.54) is 29.8 Å². The molecule has 0 aromatic carbocycles. The maximum atomic E-state index is 13.8. The first-order valence-corrected chi connectivity index (χ1v) is 8.54. The lowest BCUT2D eigenvalue weighted by atomic mass is 10.1. The second-order valence-electron chi connectivity index (χ2n) is 6.41. The second-order valence-corrected chi connectivity index (χ2v) is 6.41. The molecule has 0 saturated heterocycles. The van der Waals surface area contributed by atoms with Crippen molar-refractivity contribution < 1.29 is 23.4 Å². The first-order valence-electron chi connectivity index (χ1n) is 8.54. The topological polar surface area (TPSA) is 94.3 Å². The highest BCUT2D eigenvalue weighted by Crippen LogP contribution is 2.22. The van der Waals surface area contributed by atoms with Crippen molar-refractivity contribution in [2.45, 2.75) is 27.1 Å². The third-order valence-electron chi connectivity index (χ3n) is 4.18. The molecule has 0 radical (unpaired) electrons. The number of halogens is 2. The fourth-order valence-corrected chi connectivity index (χ4v) is 2.79. The number of nitrogens with zero attached hydrogens (tertiary/aromatic N) is 3. The van der Waals surface area contributed by atoms with Crippen LogP contribution in [0.5, 0.6) is 5.75 Å². The minimum atomic E-state index is -1.84. The highest BCUT2D eigenvalue weighted by molar-refractivity contribution is 5.92. The lowest BCUT2D eigenvalue weighted by Gasteiger charge is -2.17. The molecule has 0 spiro atoms. The summed E-state index contributed by atoms with van der Waals surface area (Å²) in [6, 6.07) is 4.64. The lowest BCUT2D eigenvalue weighted by molar-refractivity contribution is -0.0259. The molecule has 0 aliphatic heterocycles. The monoisotopic (exact) mass is 401 g/mol. The summed E-state index contributed by atoms with van der Waals surface area (Å²) in [6.07, 6.45) is 0.402. The Morgan fingerprint density at radius 1 is 1.14 bits per heavy atom. The zero-order valence-corrected chi connectivity index (χ0v) is 15.8. The molecular weight excluding hydrogens is 384 g/mol. The summed E-state index contributed by atoms with van der Waals surface area (Å²) in [5, 5.41) is 10.1. The molecule has 9 heteroatoms. The van der Waals surface area contributed by atoms with Gasteiger partial charge in [0.05, 0.1) is 11.9 Å². The molecule has 0 fully saturated rings. The van der Waals surface area contributed by atoms with Crippen molar-refractivity contribution in [2.24, 2.45) is 0 Å². The van der Waals surface area contributed by atoms with Crippen LogP contribution in [-0.2, 0) is 0 Å². The highest BCUT2D eigenvalue weighted by Gasteiger charge is 2.19. The largest absolute Gasteiger partial charge is 0.459 e. The predicted molar refractivity (Wildman–Crippen MR) is 99.1 cm³/mol. The molecule has 29 heavy (non-hydrogen) atoms. The summed E-state index contributed by atoms with van der Waals surface area (Å²) in [6.45, 7) is 4.75. The van der Waals surface area contributed by atoms with Gasteiger partial charge in [-0.15, -0.1) is 0 Å². The molecule has 1 atom stereocenters. The molecule has 3 aromatic heterocycles. The van der Waals surface area contributed by atoms with Gasteiger partial charge in [-0.1, -0.05) is 0 Å². The first kappa shape index (κ1) is 20.3. The van der Waals surface area contributed by atoms with Gasteiger partial charge in [-0.25, -0.2) is 13.8 Å². The number of Topliss-reactive ketones (excluding diaryl/α,β-unsaturated/α-hetero) is 1. The van der Waals surface area contributed by atoms with E-state index in [9.17, 15) is 23.5 Å². The molecule has 0 amide bonds. The highest BCUT2D eigenvalue weighted by atomic mass is 19.1. The number of ketones is 1. The Hall–Kier alpha value is -3.46. The van der Waals surface area contributed by atoms with Gasteiger partial charge in [0.15, 0.2) is 11.6 Å². The summed E-state index contributed by atoms with van der Waals surface area (Å²) in [7, 11) is 0. The van der Waals surface area contributed by atoms with Gasteiger partial charge in [0, 0.05) is 37.0 Å². The number of ether oxygens (including phenoxy) is 1. The number of rotatable bonds is 5. The van der Waals surface area contributed by atoms with Gasteiger partial charge in [-0.05, 0) is 25.5 Å². The third kappa shape index (κ3) is 4.19. The van der Waals surface area contributed by atoms with Crippen LogP contribution in [0.3, 0.4) is 0 Å². The van der Waals surface area contributed by atoms with Crippen LogP contribution < -0.4 is 10.3 Å². The molecule has 3 rings (SSSR count). The molecule has 150 valence electrons. The van der Waals surface area contributed by atoms with E-state index < -0.39 is 29.2 Å². The van der Waals surface area contributed by atoms with Crippen molar-refractivity contribution in [1.82, 2.24) is 14.5 Å². The van der Waals surface area contributed by atoms with Gasteiger partial charge in [0.25, 0.3) is 5.56 Å². The maximum Gasteiger partial charge on any atom is 0.259 e. The molecular formula is C20H17F2N3O4. The van der Waals surface area contributed by atoms with Crippen molar-refractivity contribution in [3.05, 3.63) is 81.3 Å². The molecule has 0 aliphatic rings. The fourth-order valence-electron chi connectivity index (χ4n) is 2.79.